The average Bonchev–Trinajstić information content (AvgIpc) is 3.89. The van der Waals surface area contributed by atoms with Gasteiger partial charge >= 0.3 is 0 Å². The van der Waals surface area contributed by atoms with Gasteiger partial charge in [0.05, 0.1) is 44.9 Å². The summed E-state index contributed by atoms with van der Waals surface area (Å²) in [6.45, 7) is 6.16. The van der Waals surface area contributed by atoms with Crippen LogP contribution in [0.15, 0.2) is 46.0 Å². The molecule has 1 aliphatic carbocycles. The summed E-state index contributed by atoms with van der Waals surface area (Å²) in [6.07, 6.45) is 9.11. The van der Waals surface area contributed by atoms with Crippen molar-refractivity contribution in [2.24, 2.45) is 11.8 Å². The molecule has 11 nitrogen and oxygen atoms in total. The van der Waals surface area contributed by atoms with Gasteiger partial charge in [-0.1, -0.05) is 19.9 Å². The summed E-state index contributed by atoms with van der Waals surface area (Å²) in [5.41, 5.74) is 5.05. The predicted molar refractivity (Wildman–Crippen MR) is 194 cm³/mol. The van der Waals surface area contributed by atoms with Crippen LogP contribution in [0.1, 0.15) is 80.0 Å². The number of nitrogens with zero attached hydrogens (tertiary/aromatic N) is 6. The lowest BCUT2D eigenvalue weighted by Gasteiger charge is -2.23. The molecule has 1 fully saturated rings. The van der Waals surface area contributed by atoms with Crippen LogP contribution in [0.3, 0.4) is 0 Å². The zero-order valence-corrected chi connectivity index (χ0v) is 30.6. The number of fused-ring (bicyclic) bond motifs is 3. The van der Waals surface area contributed by atoms with E-state index in [1.54, 1.807) is 11.3 Å². The summed E-state index contributed by atoms with van der Waals surface area (Å²) in [7, 11) is 0.211. The second-order valence-corrected chi connectivity index (χ2v) is 17.5. The summed E-state index contributed by atoms with van der Waals surface area (Å²) >= 11 is 1.55. The quantitative estimate of drug-likeness (QED) is 0.163. The van der Waals surface area contributed by atoms with Crippen molar-refractivity contribution in [3.05, 3.63) is 65.2 Å². The molecule has 5 aromatic heterocycles. The molecule has 3 aliphatic rings. The zero-order chi connectivity index (χ0) is 34.6. The Morgan fingerprint density at radius 1 is 1.06 bits per heavy atom. The third kappa shape index (κ3) is 6.22. The summed E-state index contributed by atoms with van der Waals surface area (Å²) in [6, 6.07) is 8.29. The highest BCUT2D eigenvalue weighted by Crippen LogP contribution is 2.51. The molecule has 0 spiro atoms. The molecule has 8 rings (SSSR count). The normalized spacial score (nSPS) is 20.2. The molecule has 0 radical (unpaired) electrons. The van der Waals surface area contributed by atoms with Gasteiger partial charge in [-0.25, -0.2) is 13.4 Å². The molecule has 1 saturated heterocycles. The molecular weight excluding hydrogens is 671 g/mol. The van der Waals surface area contributed by atoms with E-state index in [0.717, 1.165) is 77.5 Å². The number of ether oxygens (including phenoxy) is 1. The summed E-state index contributed by atoms with van der Waals surface area (Å²) in [4.78, 5) is 17.7. The zero-order valence-electron chi connectivity index (χ0n) is 29.0. The van der Waals surface area contributed by atoms with Crippen LogP contribution in [0.2, 0.25) is 0 Å². The van der Waals surface area contributed by atoms with Crippen LogP contribution < -0.4 is 5.32 Å². The summed E-state index contributed by atoms with van der Waals surface area (Å²) < 4.78 is 41.5. The molecule has 5 aromatic rings. The fourth-order valence-corrected chi connectivity index (χ4v) is 11.2. The summed E-state index contributed by atoms with van der Waals surface area (Å²) in [5, 5.41) is 13.6. The Morgan fingerprint density at radius 3 is 2.70 bits per heavy atom. The number of rotatable bonds is 10. The van der Waals surface area contributed by atoms with E-state index in [2.05, 4.69) is 46.5 Å². The van der Waals surface area contributed by atoms with Crippen molar-refractivity contribution in [3.8, 4) is 21.9 Å². The van der Waals surface area contributed by atoms with Gasteiger partial charge in [0.25, 0.3) is 0 Å². The number of thiophene rings is 1. The molecule has 0 bridgehead atoms. The highest BCUT2D eigenvalue weighted by Gasteiger charge is 2.43. The van der Waals surface area contributed by atoms with Gasteiger partial charge in [0.1, 0.15) is 5.82 Å². The number of aromatic nitrogens is 5. The van der Waals surface area contributed by atoms with E-state index in [9.17, 15) is 8.42 Å². The maximum Gasteiger partial charge on any atom is 0.250 e. The number of aryl methyl sites for hydroxylation is 2. The molecule has 262 valence electrons. The van der Waals surface area contributed by atoms with Crippen molar-refractivity contribution in [2.45, 2.75) is 75.8 Å². The molecule has 0 aromatic carbocycles. The second kappa shape index (κ2) is 13.4. The second-order valence-electron chi connectivity index (χ2n) is 14.5. The molecule has 13 heteroatoms. The standard InChI is InChI=1S/C37H43N7O4S2/c1-21(2)25-20-50(45,46)35-32(29-18-23-11-15-39-36(34(23)49-29)41-27-10-9-26-24(27)6-5-14-38-26)31(37-43-42-30(48-37)19-44(3)4)28(40-33(25)35)8-7-22-12-16-47-17-13-22/h5-6,11,14-15,18,21-22,25,27H,7-10,12-13,16-17,19-20H2,1-4H3,(H,39,41)/t25-,27+/m1/s1. The van der Waals surface area contributed by atoms with Gasteiger partial charge in [-0.05, 0) is 93.6 Å². The molecule has 2 aliphatic heterocycles. The monoisotopic (exact) mass is 713 g/mol. The van der Waals surface area contributed by atoms with Gasteiger partial charge in [0.2, 0.25) is 11.8 Å². The number of hydrogen-bond donors (Lipinski definition) is 1. The first-order valence-corrected chi connectivity index (χ1v) is 20.1. The third-order valence-corrected chi connectivity index (χ3v) is 13.4. The minimum Gasteiger partial charge on any atom is -0.419 e. The van der Waals surface area contributed by atoms with E-state index < -0.39 is 9.84 Å². The Balaban J connectivity index is 1.32. The highest BCUT2D eigenvalue weighted by molar-refractivity contribution is 7.92. The Morgan fingerprint density at radius 2 is 1.90 bits per heavy atom. The van der Waals surface area contributed by atoms with Crippen LogP contribution in [0, 0.1) is 11.8 Å². The topological polar surface area (TPSA) is 136 Å². The van der Waals surface area contributed by atoms with Gasteiger partial charge in [0, 0.05) is 47.7 Å². The smallest absolute Gasteiger partial charge is 0.250 e. The minimum absolute atomic E-state index is 0.0347. The SMILES string of the molecule is CC(C)[C@H]1CS(=O)(=O)c2c1nc(CCC1CCOCC1)c(-c1nnc(CN(C)C)o1)c2-c1cc2ccnc(N[C@H]3CCc4ncccc43)c2s1. The van der Waals surface area contributed by atoms with Crippen molar-refractivity contribution >= 4 is 37.1 Å². The molecule has 50 heavy (non-hydrogen) atoms. The van der Waals surface area contributed by atoms with E-state index in [1.165, 1.54) is 5.56 Å². The van der Waals surface area contributed by atoms with Crippen molar-refractivity contribution in [1.82, 2.24) is 30.0 Å². The largest absolute Gasteiger partial charge is 0.419 e. The van der Waals surface area contributed by atoms with Gasteiger partial charge < -0.3 is 19.4 Å². The van der Waals surface area contributed by atoms with Crippen LogP contribution in [0.5, 0.6) is 0 Å². The molecule has 0 amide bonds. The van der Waals surface area contributed by atoms with E-state index in [4.69, 9.17) is 19.1 Å². The lowest BCUT2D eigenvalue weighted by Crippen LogP contribution is -2.17. The molecule has 2 atom stereocenters. The van der Waals surface area contributed by atoms with Gasteiger partial charge in [-0.3, -0.25) is 9.97 Å². The molecule has 7 heterocycles. The van der Waals surface area contributed by atoms with Crippen LogP contribution in [0.4, 0.5) is 5.82 Å². The first-order valence-electron chi connectivity index (χ1n) is 17.6. The lowest BCUT2D eigenvalue weighted by atomic mass is 9.89. The van der Waals surface area contributed by atoms with E-state index in [-0.39, 0.29) is 23.6 Å². The maximum absolute atomic E-state index is 14.3. The van der Waals surface area contributed by atoms with Crippen LogP contribution in [-0.4, -0.2) is 71.5 Å². The Bertz CT molecular complexity index is 2150. The molecular formula is C37H43N7O4S2. The van der Waals surface area contributed by atoms with Crippen molar-refractivity contribution in [2.75, 3.05) is 38.4 Å². The predicted octanol–water partition coefficient (Wildman–Crippen LogP) is 6.85. The molecule has 0 unspecified atom stereocenters. The fourth-order valence-electron chi connectivity index (χ4n) is 7.74. The molecule has 1 N–H and O–H groups in total. The van der Waals surface area contributed by atoms with E-state index >= 15 is 0 Å². The number of anilines is 1. The van der Waals surface area contributed by atoms with Crippen molar-refractivity contribution in [3.63, 3.8) is 0 Å². The number of pyridine rings is 3. The van der Waals surface area contributed by atoms with Crippen molar-refractivity contribution < 1.29 is 17.6 Å². The Hall–Kier alpha value is -3.78. The van der Waals surface area contributed by atoms with Gasteiger partial charge in [-0.2, -0.15) is 0 Å². The average molecular weight is 714 g/mol. The van der Waals surface area contributed by atoms with Crippen LogP contribution in [-0.2, 0) is 34.0 Å². The lowest BCUT2D eigenvalue weighted by molar-refractivity contribution is 0.0639. The van der Waals surface area contributed by atoms with Gasteiger partial charge in [0.15, 0.2) is 9.84 Å². The molecule has 0 saturated carbocycles. The van der Waals surface area contributed by atoms with Crippen LogP contribution in [0.25, 0.3) is 32.0 Å². The third-order valence-electron chi connectivity index (χ3n) is 10.3. The first kappa shape index (κ1) is 33.4. The number of hydrogen-bond acceptors (Lipinski definition) is 12. The number of sulfone groups is 1. The maximum atomic E-state index is 14.3. The number of nitrogens with one attached hydrogen (secondary N) is 1. The van der Waals surface area contributed by atoms with Crippen LogP contribution >= 0.6 is 11.3 Å². The Kier molecular flexibility index (Phi) is 8.95. The first-order chi connectivity index (χ1) is 24.2. The minimum atomic E-state index is -3.68. The van der Waals surface area contributed by atoms with Gasteiger partial charge in [-0.15, -0.1) is 21.5 Å². The van der Waals surface area contributed by atoms with E-state index in [1.807, 2.05) is 43.5 Å². The fraction of sp³-hybridized carbons (Fsp3) is 0.486. The van der Waals surface area contributed by atoms with Crippen molar-refractivity contribution in [1.29, 1.82) is 0 Å². The Labute approximate surface area is 296 Å². The highest BCUT2D eigenvalue weighted by atomic mass is 32.2. The summed E-state index contributed by atoms with van der Waals surface area (Å²) in [5.74, 6) is 1.98. The van der Waals surface area contributed by atoms with E-state index in [0.29, 0.717) is 52.4 Å².